The average molecular weight is 233 g/mol. The first kappa shape index (κ1) is 11.9. The van der Waals surface area contributed by atoms with E-state index in [0.717, 1.165) is 37.4 Å². The zero-order chi connectivity index (χ0) is 12.3. The molecule has 4 nitrogen and oxygen atoms in total. The standard InChI is InChI=1S/C13H19N3O/c1-11-9-15(2)7-8-16(11)13-6-4-3-5-12(13)14-10-17/h3-6,10-11H,7-9H2,1-2H3,(H,14,17). The summed E-state index contributed by atoms with van der Waals surface area (Å²) in [5.41, 5.74) is 2.00. The van der Waals surface area contributed by atoms with E-state index in [0.29, 0.717) is 6.04 Å². The van der Waals surface area contributed by atoms with Crippen LogP contribution in [0.5, 0.6) is 0 Å². The maximum Gasteiger partial charge on any atom is 0.211 e. The number of hydrogen-bond donors (Lipinski definition) is 1. The van der Waals surface area contributed by atoms with E-state index in [1.807, 2.05) is 18.2 Å². The van der Waals surface area contributed by atoms with Crippen molar-refractivity contribution in [1.29, 1.82) is 0 Å². The molecule has 17 heavy (non-hydrogen) atoms. The van der Waals surface area contributed by atoms with Gasteiger partial charge in [-0.3, -0.25) is 4.79 Å². The molecule has 0 aromatic heterocycles. The summed E-state index contributed by atoms with van der Waals surface area (Å²) in [4.78, 5) is 15.3. The lowest BCUT2D eigenvalue weighted by Gasteiger charge is -2.40. The summed E-state index contributed by atoms with van der Waals surface area (Å²) < 4.78 is 0. The molecular weight excluding hydrogens is 214 g/mol. The van der Waals surface area contributed by atoms with Crippen LogP contribution in [0.2, 0.25) is 0 Å². The van der Waals surface area contributed by atoms with Crippen LogP contribution >= 0.6 is 0 Å². The van der Waals surface area contributed by atoms with Gasteiger partial charge in [0, 0.05) is 25.7 Å². The molecule has 0 bridgehead atoms. The Morgan fingerprint density at radius 3 is 2.82 bits per heavy atom. The van der Waals surface area contributed by atoms with Crippen molar-refractivity contribution >= 4 is 17.8 Å². The molecule has 1 aromatic rings. The van der Waals surface area contributed by atoms with Gasteiger partial charge in [0.2, 0.25) is 6.41 Å². The molecule has 1 atom stereocenters. The molecule has 1 unspecified atom stereocenters. The Morgan fingerprint density at radius 1 is 1.35 bits per heavy atom. The van der Waals surface area contributed by atoms with E-state index in [-0.39, 0.29) is 0 Å². The Hall–Kier alpha value is -1.55. The molecule has 1 amide bonds. The van der Waals surface area contributed by atoms with E-state index in [4.69, 9.17) is 0 Å². The van der Waals surface area contributed by atoms with Crippen molar-refractivity contribution in [2.45, 2.75) is 13.0 Å². The maximum absolute atomic E-state index is 10.6. The lowest BCUT2D eigenvalue weighted by Crippen LogP contribution is -2.50. The van der Waals surface area contributed by atoms with Crippen LogP contribution in [0.1, 0.15) is 6.92 Å². The lowest BCUT2D eigenvalue weighted by molar-refractivity contribution is -0.105. The summed E-state index contributed by atoms with van der Waals surface area (Å²) in [6.45, 7) is 5.32. The fourth-order valence-electron chi connectivity index (χ4n) is 2.41. The summed E-state index contributed by atoms with van der Waals surface area (Å²) in [7, 11) is 2.14. The highest BCUT2D eigenvalue weighted by atomic mass is 16.1. The molecule has 1 saturated heterocycles. The minimum absolute atomic E-state index is 0.461. The summed E-state index contributed by atoms with van der Waals surface area (Å²) in [6.07, 6.45) is 0.736. The summed E-state index contributed by atoms with van der Waals surface area (Å²) in [5.74, 6) is 0. The number of amides is 1. The van der Waals surface area contributed by atoms with Gasteiger partial charge in [0.1, 0.15) is 0 Å². The highest BCUT2D eigenvalue weighted by Gasteiger charge is 2.23. The third-order valence-electron chi connectivity index (χ3n) is 3.26. The van der Waals surface area contributed by atoms with E-state index in [9.17, 15) is 4.79 Å². The second kappa shape index (κ2) is 5.19. The van der Waals surface area contributed by atoms with Crippen molar-refractivity contribution in [3.8, 4) is 0 Å². The smallest absolute Gasteiger partial charge is 0.211 e. The summed E-state index contributed by atoms with van der Waals surface area (Å²) in [6, 6.07) is 8.41. The molecule has 0 saturated carbocycles. The van der Waals surface area contributed by atoms with Crippen LogP contribution in [0.15, 0.2) is 24.3 Å². The van der Waals surface area contributed by atoms with E-state index < -0.39 is 0 Å². The third-order valence-corrected chi connectivity index (χ3v) is 3.26. The van der Waals surface area contributed by atoms with Crippen molar-refractivity contribution in [2.24, 2.45) is 0 Å². The van der Waals surface area contributed by atoms with Gasteiger partial charge in [-0.2, -0.15) is 0 Å². The number of hydrogen-bond acceptors (Lipinski definition) is 3. The second-order valence-electron chi connectivity index (χ2n) is 4.58. The Balaban J connectivity index is 2.23. The number of anilines is 2. The zero-order valence-corrected chi connectivity index (χ0v) is 10.4. The predicted octanol–water partition coefficient (Wildman–Crippen LogP) is 1.40. The number of para-hydroxylation sites is 2. The van der Waals surface area contributed by atoms with Crippen molar-refractivity contribution in [3.05, 3.63) is 24.3 Å². The minimum Gasteiger partial charge on any atom is -0.365 e. The molecule has 1 N–H and O–H groups in total. The number of rotatable bonds is 3. The molecule has 0 aliphatic carbocycles. The normalized spacial score (nSPS) is 21.3. The summed E-state index contributed by atoms with van der Waals surface area (Å²) in [5, 5.41) is 2.77. The van der Waals surface area contributed by atoms with Gasteiger partial charge in [-0.1, -0.05) is 12.1 Å². The quantitative estimate of drug-likeness (QED) is 0.801. The van der Waals surface area contributed by atoms with Gasteiger partial charge < -0.3 is 15.1 Å². The van der Waals surface area contributed by atoms with E-state index in [1.54, 1.807) is 0 Å². The first-order chi connectivity index (χ1) is 8.22. The molecule has 1 aliphatic heterocycles. The average Bonchev–Trinajstić information content (AvgIpc) is 2.31. The number of nitrogens with zero attached hydrogens (tertiary/aromatic N) is 2. The number of piperazine rings is 1. The lowest BCUT2D eigenvalue weighted by atomic mass is 10.1. The molecule has 4 heteroatoms. The van der Waals surface area contributed by atoms with Crippen LogP contribution in [0.3, 0.4) is 0 Å². The summed E-state index contributed by atoms with van der Waals surface area (Å²) >= 11 is 0. The van der Waals surface area contributed by atoms with Crippen LogP contribution in [-0.4, -0.2) is 44.0 Å². The van der Waals surface area contributed by atoms with Crippen LogP contribution < -0.4 is 10.2 Å². The van der Waals surface area contributed by atoms with Gasteiger partial charge in [-0.25, -0.2) is 0 Å². The molecule has 1 heterocycles. The Labute approximate surface area is 102 Å². The first-order valence-corrected chi connectivity index (χ1v) is 5.97. The van der Waals surface area contributed by atoms with Crippen LogP contribution in [0.4, 0.5) is 11.4 Å². The number of benzene rings is 1. The Morgan fingerprint density at radius 2 is 2.12 bits per heavy atom. The van der Waals surface area contributed by atoms with Crippen molar-refractivity contribution < 1.29 is 4.79 Å². The Bertz CT molecular complexity index is 394. The highest BCUT2D eigenvalue weighted by molar-refractivity contribution is 5.81. The number of nitrogens with one attached hydrogen (secondary N) is 1. The van der Waals surface area contributed by atoms with Gasteiger partial charge in [0.15, 0.2) is 0 Å². The molecular formula is C13H19N3O. The van der Waals surface area contributed by atoms with Gasteiger partial charge in [-0.05, 0) is 26.1 Å². The SMILES string of the molecule is CC1CN(C)CCN1c1ccccc1NC=O. The fraction of sp³-hybridized carbons (Fsp3) is 0.462. The topological polar surface area (TPSA) is 35.6 Å². The largest absolute Gasteiger partial charge is 0.365 e. The van der Waals surface area contributed by atoms with Crippen molar-refractivity contribution in [3.63, 3.8) is 0 Å². The van der Waals surface area contributed by atoms with Crippen LogP contribution in [-0.2, 0) is 4.79 Å². The fourth-order valence-corrected chi connectivity index (χ4v) is 2.41. The van der Waals surface area contributed by atoms with E-state index >= 15 is 0 Å². The highest BCUT2D eigenvalue weighted by Crippen LogP contribution is 2.28. The monoisotopic (exact) mass is 233 g/mol. The number of carbonyl (C=O) groups excluding carboxylic acids is 1. The Kier molecular flexibility index (Phi) is 3.64. The van der Waals surface area contributed by atoms with Crippen LogP contribution in [0.25, 0.3) is 0 Å². The van der Waals surface area contributed by atoms with Gasteiger partial charge >= 0.3 is 0 Å². The molecule has 1 aromatic carbocycles. The molecule has 0 spiro atoms. The molecule has 2 rings (SSSR count). The number of carbonyl (C=O) groups is 1. The number of likely N-dealkylation sites (N-methyl/N-ethyl adjacent to an activating group) is 1. The minimum atomic E-state index is 0.461. The molecule has 0 radical (unpaired) electrons. The second-order valence-corrected chi connectivity index (χ2v) is 4.58. The zero-order valence-electron chi connectivity index (χ0n) is 10.4. The third kappa shape index (κ3) is 2.58. The van der Waals surface area contributed by atoms with Crippen molar-refractivity contribution in [1.82, 2.24) is 4.90 Å². The maximum atomic E-state index is 10.6. The van der Waals surface area contributed by atoms with Gasteiger partial charge in [0.05, 0.1) is 11.4 Å². The van der Waals surface area contributed by atoms with E-state index in [1.165, 1.54) is 0 Å². The van der Waals surface area contributed by atoms with Crippen molar-refractivity contribution in [2.75, 3.05) is 36.9 Å². The van der Waals surface area contributed by atoms with E-state index in [2.05, 4.69) is 35.2 Å². The van der Waals surface area contributed by atoms with Gasteiger partial charge in [0.25, 0.3) is 0 Å². The first-order valence-electron chi connectivity index (χ1n) is 5.97. The van der Waals surface area contributed by atoms with Crippen LogP contribution in [0, 0.1) is 0 Å². The molecule has 1 aliphatic rings. The predicted molar refractivity (Wildman–Crippen MR) is 70.4 cm³/mol. The van der Waals surface area contributed by atoms with Gasteiger partial charge in [-0.15, -0.1) is 0 Å². The molecule has 92 valence electrons. The molecule has 1 fully saturated rings.